The zero-order chi connectivity index (χ0) is 22.2. The lowest BCUT2D eigenvalue weighted by Gasteiger charge is -2.09. The predicted molar refractivity (Wildman–Crippen MR) is 117 cm³/mol. The number of aryl methyl sites for hydroxylation is 1. The van der Waals surface area contributed by atoms with Crippen LogP contribution in [-0.2, 0) is 13.0 Å². The first-order valence-electron chi connectivity index (χ1n) is 10.3. The SMILES string of the molecule is CCn1c(Cc2ccnn2-c2cccc(F)c2)nc2cc(-c3cc(F)cc(F)c3)ccc21. The topological polar surface area (TPSA) is 35.6 Å². The van der Waals surface area contributed by atoms with Gasteiger partial charge in [0.2, 0.25) is 0 Å². The highest BCUT2D eigenvalue weighted by Gasteiger charge is 2.15. The van der Waals surface area contributed by atoms with Crippen LogP contribution >= 0.6 is 0 Å². The van der Waals surface area contributed by atoms with Gasteiger partial charge in [-0.2, -0.15) is 5.10 Å². The summed E-state index contributed by atoms with van der Waals surface area (Å²) in [5.74, 6) is -0.745. The van der Waals surface area contributed by atoms with E-state index in [2.05, 4.69) is 9.67 Å². The molecule has 0 fully saturated rings. The van der Waals surface area contributed by atoms with Crippen molar-refractivity contribution in [1.29, 1.82) is 0 Å². The fourth-order valence-corrected chi connectivity index (χ4v) is 4.03. The van der Waals surface area contributed by atoms with Crippen molar-refractivity contribution in [3.63, 3.8) is 0 Å². The van der Waals surface area contributed by atoms with Crippen LogP contribution in [0.15, 0.2) is 72.9 Å². The normalized spacial score (nSPS) is 11.4. The average molecular weight is 432 g/mol. The van der Waals surface area contributed by atoms with Gasteiger partial charge in [0.15, 0.2) is 0 Å². The van der Waals surface area contributed by atoms with Crippen molar-refractivity contribution in [2.24, 2.45) is 0 Å². The number of nitrogens with zero attached hydrogens (tertiary/aromatic N) is 4. The molecule has 0 bridgehead atoms. The largest absolute Gasteiger partial charge is 0.328 e. The highest BCUT2D eigenvalue weighted by Crippen LogP contribution is 2.27. The van der Waals surface area contributed by atoms with Crippen LogP contribution in [0.4, 0.5) is 13.2 Å². The molecule has 0 aliphatic rings. The molecule has 7 heteroatoms. The van der Waals surface area contributed by atoms with E-state index in [4.69, 9.17) is 4.98 Å². The van der Waals surface area contributed by atoms with E-state index < -0.39 is 11.6 Å². The number of imidazole rings is 1. The van der Waals surface area contributed by atoms with Crippen LogP contribution in [0.25, 0.3) is 27.8 Å². The number of fused-ring (bicyclic) bond motifs is 1. The maximum Gasteiger partial charge on any atom is 0.126 e. The molecule has 0 atom stereocenters. The molecular weight excluding hydrogens is 413 g/mol. The Labute approximate surface area is 182 Å². The Morgan fingerprint density at radius 2 is 1.62 bits per heavy atom. The van der Waals surface area contributed by atoms with Gasteiger partial charge in [-0.15, -0.1) is 0 Å². The number of hydrogen-bond acceptors (Lipinski definition) is 2. The highest BCUT2D eigenvalue weighted by molar-refractivity contribution is 5.82. The molecule has 5 aromatic rings. The third-order valence-corrected chi connectivity index (χ3v) is 5.45. The molecule has 0 amide bonds. The Balaban J connectivity index is 1.55. The number of aromatic nitrogens is 4. The minimum atomic E-state index is -0.620. The molecule has 32 heavy (non-hydrogen) atoms. The molecule has 0 saturated carbocycles. The molecule has 0 aliphatic heterocycles. The Bertz CT molecular complexity index is 1410. The molecular formula is C25H19F3N4. The van der Waals surface area contributed by atoms with Crippen LogP contribution in [0, 0.1) is 17.5 Å². The van der Waals surface area contributed by atoms with Crippen LogP contribution in [0.5, 0.6) is 0 Å². The summed E-state index contributed by atoms with van der Waals surface area (Å²) in [5, 5.41) is 4.35. The van der Waals surface area contributed by atoms with Gasteiger partial charge in [-0.3, -0.25) is 0 Å². The van der Waals surface area contributed by atoms with Crippen molar-refractivity contribution in [2.75, 3.05) is 0 Å². The van der Waals surface area contributed by atoms with Crippen LogP contribution in [-0.4, -0.2) is 19.3 Å². The minimum absolute atomic E-state index is 0.328. The monoisotopic (exact) mass is 432 g/mol. The van der Waals surface area contributed by atoms with E-state index in [1.165, 1.54) is 24.3 Å². The molecule has 0 radical (unpaired) electrons. The third-order valence-electron chi connectivity index (χ3n) is 5.45. The Hall–Kier alpha value is -3.87. The molecule has 4 nitrogen and oxygen atoms in total. The fraction of sp³-hybridized carbons (Fsp3) is 0.120. The molecule has 2 aromatic heterocycles. The van der Waals surface area contributed by atoms with Gasteiger partial charge in [0.25, 0.3) is 0 Å². The lowest BCUT2D eigenvalue weighted by molar-refractivity contribution is 0.584. The van der Waals surface area contributed by atoms with Crippen molar-refractivity contribution in [2.45, 2.75) is 19.9 Å². The van der Waals surface area contributed by atoms with E-state index in [0.717, 1.165) is 28.6 Å². The maximum absolute atomic E-state index is 13.7. The van der Waals surface area contributed by atoms with Gasteiger partial charge in [-0.1, -0.05) is 12.1 Å². The molecule has 0 spiro atoms. The van der Waals surface area contributed by atoms with E-state index >= 15 is 0 Å². The van der Waals surface area contributed by atoms with Crippen LogP contribution in [0.3, 0.4) is 0 Å². The van der Waals surface area contributed by atoms with Gasteiger partial charge < -0.3 is 4.57 Å². The molecule has 3 aromatic carbocycles. The zero-order valence-electron chi connectivity index (χ0n) is 17.3. The standard InChI is InChI=1S/C25H19F3N4/c1-2-31-24-7-6-16(17-10-19(27)13-20(28)11-17)12-23(24)30-25(31)15-22-8-9-29-32(22)21-5-3-4-18(26)14-21/h3-14H,2,15H2,1H3. The summed E-state index contributed by atoms with van der Waals surface area (Å²) in [6.45, 7) is 2.73. The van der Waals surface area contributed by atoms with Crippen molar-refractivity contribution >= 4 is 11.0 Å². The number of rotatable bonds is 5. The highest BCUT2D eigenvalue weighted by atomic mass is 19.1. The van der Waals surface area contributed by atoms with Crippen molar-refractivity contribution < 1.29 is 13.2 Å². The summed E-state index contributed by atoms with van der Waals surface area (Å²) >= 11 is 0. The summed E-state index contributed by atoms with van der Waals surface area (Å²) < 4.78 is 44.8. The number of hydrogen-bond donors (Lipinski definition) is 0. The van der Waals surface area contributed by atoms with Crippen LogP contribution < -0.4 is 0 Å². The molecule has 0 saturated heterocycles. The van der Waals surface area contributed by atoms with Crippen LogP contribution in [0.1, 0.15) is 18.4 Å². The van der Waals surface area contributed by atoms with Gasteiger partial charge in [0.1, 0.15) is 23.3 Å². The molecule has 160 valence electrons. The smallest absolute Gasteiger partial charge is 0.126 e. The second-order valence-electron chi connectivity index (χ2n) is 7.52. The molecule has 2 heterocycles. The summed E-state index contributed by atoms with van der Waals surface area (Å²) in [6.07, 6.45) is 2.17. The van der Waals surface area contributed by atoms with Gasteiger partial charge in [-0.25, -0.2) is 22.8 Å². The van der Waals surface area contributed by atoms with Crippen molar-refractivity contribution in [3.8, 4) is 16.8 Å². The van der Waals surface area contributed by atoms with E-state index in [1.807, 2.05) is 31.2 Å². The quantitative estimate of drug-likeness (QED) is 0.346. The Morgan fingerprint density at radius 1 is 0.812 bits per heavy atom. The Morgan fingerprint density at radius 3 is 2.38 bits per heavy atom. The lowest BCUT2D eigenvalue weighted by Crippen LogP contribution is -2.07. The van der Waals surface area contributed by atoms with Crippen molar-refractivity contribution in [1.82, 2.24) is 19.3 Å². The van der Waals surface area contributed by atoms with E-state index in [9.17, 15) is 13.2 Å². The molecule has 0 N–H and O–H groups in total. The van der Waals surface area contributed by atoms with Gasteiger partial charge in [0, 0.05) is 25.2 Å². The first-order valence-corrected chi connectivity index (χ1v) is 10.3. The predicted octanol–water partition coefficient (Wildman–Crippen LogP) is 5.92. The van der Waals surface area contributed by atoms with E-state index in [1.54, 1.807) is 23.0 Å². The summed E-state index contributed by atoms with van der Waals surface area (Å²) in [7, 11) is 0. The molecule has 5 rings (SSSR count). The first-order chi connectivity index (χ1) is 15.5. The summed E-state index contributed by atoms with van der Waals surface area (Å²) in [4.78, 5) is 4.80. The fourth-order valence-electron chi connectivity index (χ4n) is 4.03. The minimum Gasteiger partial charge on any atom is -0.328 e. The zero-order valence-corrected chi connectivity index (χ0v) is 17.3. The number of halogens is 3. The number of benzene rings is 3. The maximum atomic E-state index is 13.7. The summed E-state index contributed by atoms with van der Waals surface area (Å²) in [6, 6.07) is 17.2. The molecule has 0 aliphatic carbocycles. The van der Waals surface area contributed by atoms with E-state index in [-0.39, 0.29) is 5.82 Å². The lowest BCUT2D eigenvalue weighted by atomic mass is 10.0. The first kappa shape index (κ1) is 20.1. The molecule has 0 unspecified atom stereocenters. The third kappa shape index (κ3) is 3.66. The van der Waals surface area contributed by atoms with Crippen LogP contribution in [0.2, 0.25) is 0 Å². The van der Waals surface area contributed by atoms with Crippen molar-refractivity contribution in [3.05, 3.63) is 102 Å². The average Bonchev–Trinajstić information content (AvgIpc) is 3.36. The van der Waals surface area contributed by atoms with E-state index in [0.29, 0.717) is 29.8 Å². The Kier molecular flexibility index (Phi) is 5.01. The second-order valence-corrected chi connectivity index (χ2v) is 7.52. The van der Waals surface area contributed by atoms with Gasteiger partial charge in [0.05, 0.1) is 22.4 Å². The second kappa shape index (κ2) is 8.00. The summed E-state index contributed by atoms with van der Waals surface area (Å²) in [5.41, 5.74) is 4.32. The van der Waals surface area contributed by atoms with Gasteiger partial charge in [-0.05, 0) is 66.6 Å². The van der Waals surface area contributed by atoms with Gasteiger partial charge >= 0.3 is 0 Å².